The molecule has 0 atom stereocenters. The number of benzene rings is 3. The van der Waals surface area contributed by atoms with Crippen molar-refractivity contribution >= 4 is 21.6 Å². The van der Waals surface area contributed by atoms with E-state index in [0.29, 0.717) is 22.6 Å². The van der Waals surface area contributed by atoms with Crippen LogP contribution in [0.5, 0.6) is 5.75 Å². The quantitative estimate of drug-likeness (QED) is 0.546. The number of hydrogen-bond donors (Lipinski definition) is 2. The second kappa shape index (κ2) is 9.22. The van der Waals surface area contributed by atoms with E-state index in [-0.39, 0.29) is 17.5 Å². The van der Waals surface area contributed by atoms with Crippen molar-refractivity contribution in [1.82, 2.24) is 4.72 Å². The fraction of sp³-hybridized carbons (Fsp3) is 0.167. The SMILES string of the molecule is N#Cc1ccccc1COc1cccc(C(=O)Nc2cccc(S(=O)(=O)NC3CC3)c2)c1. The van der Waals surface area contributed by atoms with Gasteiger partial charge in [0.2, 0.25) is 10.0 Å². The predicted octanol–water partition coefficient (Wildman–Crippen LogP) is 3.83. The monoisotopic (exact) mass is 447 g/mol. The molecule has 4 rings (SSSR count). The molecule has 0 bridgehead atoms. The Bertz CT molecular complexity index is 1290. The van der Waals surface area contributed by atoms with Crippen LogP contribution in [-0.2, 0) is 16.6 Å². The number of amides is 1. The molecule has 8 heteroatoms. The molecule has 0 spiro atoms. The van der Waals surface area contributed by atoms with Gasteiger partial charge in [-0.25, -0.2) is 13.1 Å². The number of ether oxygens (including phenoxy) is 1. The molecule has 3 aromatic rings. The molecule has 0 saturated heterocycles. The average Bonchev–Trinajstić information content (AvgIpc) is 3.61. The Morgan fingerprint density at radius 1 is 1.03 bits per heavy atom. The lowest BCUT2D eigenvalue weighted by Gasteiger charge is -2.11. The van der Waals surface area contributed by atoms with Gasteiger partial charge in [-0.1, -0.05) is 30.3 Å². The zero-order valence-electron chi connectivity index (χ0n) is 17.1. The molecule has 0 unspecified atom stereocenters. The van der Waals surface area contributed by atoms with Gasteiger partial charge in [0.1, 0.15) is 12.4 Å². The van der Waals surface area contributed by atoms with Gasteiger partial charge in [-0.05, 0) is 55.3 Å². The summed E-state index contributed by atoms with van der Waals surface area (Å²) in [6.45, 7) is 0.197. The van der Waals surface area contributed by atoms with Gasteiger partial charge in [0.15, 0.2) is 0 Å². The van der Waals surface area contributed by atoms with Crippen LogP contribution in [0, 0.1) is 11.3 Å². The van der Waals surface area contributed by atoms with Gasteiger partial charge in [-0.3, -0.25) is 4.79 Å². The number of nitrogens with zero attached hydrogens (tertiary/aromatic N) is 1. The Kier molecular flexibility index (Phi) is 6.21. The summed E-state index contributed by atoms with van der Waals surface area (Å²) < 4.78 is 33.2. The van der Waals surface area contributed by atoms with Crippen molar-refractivity contribution in [2.75, 3.05) is 5.32 Å². The summed E-state index contributed by atoms with van der Waals surface area (Å²) in [5, 5.41) is 11.9. The Morgan fingerprint density at radius 2 is 1.81 bits per heavy atom. The molecule has 1 fully saturated rings. The van der Waals surface area contributed by atoms with E-state index in [1.165, 1.54) is 12.1 Å². The molecule has 0 heterocycles. The smallest absolute Gasteiger partial charge is 0.255 e. The second-order valence-electron chi connectivity index (χ2n) is 7.46. The molecule has 1 amide bonds. The zero-order chi connectivity index (χ0) is 22.6. The Hall–Kier alpha value is -3.67. The van der Waals surface area contributed by atoms with Crippen LogP contribution in [0.25, 0.3) is 0 Å². The van der Waals surface area contributed by atoms with Crippen molar-refractivity contribution in [2.24, 2.45) is 0 Å². The fourth-order valence-corrected chi connectivity index (χ4v) is 4.43. The van der Waals surface area contributed by atoms with E-state index in [0.717, 1.165) is 18.4 Å². The maximum atomic E-state index is 12.7. The van der Waals surface area contributed by atoms with Crippen LogP contribution in [0.4, 0.5) is 5.69 Å². The maximum absolute atomic E-state index is 12.7. The molecule has 0 aromatic heterocycles. The van der Waals surface area contributed by atoms with E-state index in [1.807, 2.05) is 12.1 Å². The van der Waals surface area contributed by atoms with Crippen molar-refractivity contribution in [2.45, 2.75) is 30.4 Å². The first kappa shape index (κ1) is 21.6. The third kappa shape index (κ3) is 5.32. The first-order valence-corrected chi connectivity index (χ1v) is 11.6. The van der Waals surface area contributed by atoms with Gasteiger partial charge in [-0.2, -0.15) is 5.26 Å². The summed E-state index contributed by atoms with van der Waals surface area (Å²) in [5.74, 6) is 0.0907. The lowest BCUT2D eigenvalue weighted by atomic mass is 10.1. The maximum Gasteiger partial charge on any atom is 0.255 e. The highest BCUT2D eigenvalue weighted by molar-refractivity contribution is 7.89. The second-order valence-corrected chi connectivity index (χ2v) is 9.18. The molecule has 7 nitrogen and oxygen atoms in total. The topological polar surface area (TPSA) is 108 Å². The lowest BCUT2D eigenvalue weighted by molar-refractivity contribution is 0.102. The van der Waals surface area contributed by atoms with Crippen LogP contribution < -0.4 is 14.8 Å². The molecule has 0 aliphatic heterocycles. The molecule has 32 heavy (non-hydrogen) atoms. The number of rotatable bonds is 8. The molecule has 1 saturated carbocycles. The predicted molar refractivity (Wildman–Crippen MR) is 120 cm³/mol. The van der Waals surface area contributed by atoms with E-state index in [9.17, 15) is 18.5 Å². The van der Waals surface area contributed by atoms with Gasteiger partial charge < -0.3 is 10.1 Å². The van der Waals surface area contributed by atoms with Crippen LogP contribution in [-0.4, -0.2) is 20.4 Å². The summed E-state index contributed by atoms with van der Waals surface area (Å²) in [4.78, 5) is 12.8. The first-order valence-electron chi connectivity index (χ1n) is 10.1. The Balaban J connectivity index is 1.44. The Morgan fingerprint density at radius 3 is 2.59 bits per heavy atom. The lowest BCUT2D eigenvalue weighted by Crippen LogP contribution is -2.25. The number of anilines is 1. The third-order valence-corrected chi connectivity index (χ3v) is 6.45. The van der Waals surface area contributed by atoms with Crippen LogP contribution in [0.1, 0.15) is 34.3 Å². The summed E-state index contributed by atoms with van der Waals surface area (Å²) in [5.41, 5.74) is 2.03. The highest BCUT2D eigenvalue weighted by Crippen LogP contribution is 2.24. The molecule has 1 aliphatic rings. The van der Waals surface area contributed by atoms with Crippen molar-refractivity contribution < 1.29 is 17.9 Å². The standard InChI is InChI=1S/C24H21N3O4S/c25-15-18-5-1-2-6-19(18)16-31-22-9-3-7-17(13-22)24(28)26-21-8-4-10-23(14-21)32(29,30)27-20-11-12-20/h1-10,13-14,20,27H,11-12,16H2,(H,26,28). The summed E-state index contributed by atoms with van der Waals surface area (Å²) in [6, 6.07) is 22.1. The summed E-state index contributed by atoms with van der Waals surface area (Å²) in [6.07, 6.45) is 1.69. The third-order valence-electron chi connectivity index (χ3n) is 4.93. The number of nitrogens with one attached hydrogen (secondary N) is 2. The number of carbonyl (C=O) groups excluding carboxylic acids is 1. The van der Waals surface area contributed by atoms with Crippen LogP contribution in [0.3, 0.4) is 0 Å². The molecular weight excluding hydrogens is 426 g/mol. The Labute approximate surface area is 186 Å². The largest absolute Gasteiger partial charge is 0.489 e. The van der Waals surface area contributed by atoms with Crippen molar-refractivity contribution in [1.29, 1.82) is 5.26 Å². The van der Waals surface area contributed by atoms with E-state index in [1.54, 1.807) is 48.5 Å². The summed E-state index contributed by atoms with van der Waals surface area (Å²) >= 11 is 0. The minimum absolute atomic E-state index is 0.00103. The van der Waals surface area contributed by atoms with Gasteiger partial charge in [0.05, 0.1) is 16.5 Å². The van der Waals surface area contributed by atoms with E-state index in [2.05, 4.69) is 16.1 Å². The van der Waals surface area contributed by atoms with Crippen molar-refractivity contribution in [3.63, 3.8) is 0 Å². The van der Waals surface area contributed by atoms with Gasteiger partial charge in [-0.15, -0.1) is 0 Å². The molecule has 1 aliphatic carbocycles. The van der Waals surface area contributed by atoms with Crippen molar-refractivity contribution in [3.8, 4) is 11.8 Å². The van der Waals surface area contributed by atoms with E-state index >= 15 is 0 Å². The molecule has 2 N–H and O–H groups in total. The van der Waals surface area contributed by atoms with Gasteiger partial charge in [0.25, 0.3) is 5.91 Å². The minimum atomic E-state index is -3.61. The minimum Gasteiger partial charge on any atom is -0.489 e. The molecule has 3 aromatic carbocycles. The number of nitriles is 1. The van der Waals surface area contributed by atoms with Crippen LogP contribution >= 0.6 is 0 Å². The highest BCUT2D eigenvalue weighted by Gasteiger charge is 2.28. The normalized spacial score (nSPS) is 13.2. The number of hydrogen-bond acceptors (Lipinski definition) is 5. The molecular formula is C24H21N3O4S. The number of sulfonamides is 1. The summed E-state index contributed by atoms with van der Waals surface area (Å²) in [7, 11) is -3.61. The van der Waals surface area contributed by atoms with Gasteiger partial charge in [0, 0.05) is 22.9 Å². The van der Waals surface area contributed by atoms with E-state index < -0.39 is 15.9 Å². The fourth-order valence-electron chi connectivity index (χ4n) is 3.08. The highest BCUT2D eigenvalue weighted by atomic mass is 32.2. The van der Waals surface area contributed by atoms with Crippen LogP contribution in [0.2, 0.25) is 0 Å². The number of carbonyl (C=O) groups is 1. The zero-order valence-corrected chi connectivity index (χ0v) is 17.9. The first-order chi connectivity index (χ1) is 15.4. The average molecular weight is 448 g/mol. The molecule has 0 radical (unpaired) electrons. The molecule has 162 valence electrons. The van der Waals surface area contributed by atoms with Crippen LogP contribution in [0.15, 0.2) is 77.7 Å². The van der Waals surface area contributed by atoms with Crippen molar-refractivity contribution in [3.05, 3.63) is 89.5 Å². The van der Waals surface area contributed by atoms with Gasteiger partial charge >= 0.3 is 0 Å². The van der Waals surface area contributed by atoms with E-state index in [4.69, 9.17) is 4.74 Å².